The molecule has 9 heteroatoms. The van der Waals surface area contributed by atoms with E-state index in [1.807, 2.05) is 19.1 Å². The number of nitrogens with one attached hydrogen (secondary N) is 1. The Hall–Kier alpha value is -3.36. The number of benzene rings is 1. The molecule has 0 unspecified atom stereocenters. The Balaban J connectivity index is 1.60. The van der Waals surface area contributed by atoms with Gasteiger partial charge in [0.1, 0.15) is 18.9 Å². The van der Waals surface area contributed by atoms with Gasteiger partial charge in [0.05, 0.1) is 6.04 Å². The second kappa shape index (κ2) is 7.90. The third-order valence-electron chi connectivity index (χ3n) is 3.95. The molecule has 0 radical (unpaired) electrons. The van der Waals surface area contributed by atoms with Gasteiger partial charge in [0.15, 0.2) is 18.1 Å². The third-order valence-corrected chi connectivity index (χ3v) is 3.95. The maximum absolute atomic E-state index is 12.2. The van der Waals surface area contributed by atoms with Crippen LogP contribution in [-0.2, 0) is 4.79 Å². The van der Waals surface area contributed by atoms with Crippen molar-refractivity contribution in [1.82, 2.24) is 10.3 Å². The molecule has 1 N–H and O–H groups in total. The van der Waals surface area contributed by atoms with Crippen molar-refractivity contribution in [2.75, 3.05) is 19.8 Å². The monoisotopic (exact) mass is 373 g/mol. The topological polar surface area (TPSA) is 113 Å². The molecular weight excluding hydrogens is 354 g/mol. The molecule has 142 valence electrons. The van der Waals surface area contributed by atoms with Crippen LogP contribution in [0.1, 0.15) is 24.2 Å². The first kappa shape index (κ1) is 18.4. The molecule has 0 fully saturated rings. The first-order valence-electron chi connectivity index (χ1n) is 8.38. The molecule has 0 spiro atoms. The molecule has 1 aliphatic rings. The molecule has 1 aliphatic heterocycles. The Morgan fingerprint density at radius 3 is 2.78 bits per heavy atom. The van der Waals surface area contributed by atoms with E-state index in [-0.39, 0.29) is 18.4 Å². The highest BCUT2D eigenvalue weighted by molar-refractivity contribution is 5.78. The highest BCUT2D eigenvalue weighted by Gasteiger charge is 2.20. The van der Waals surface area contributed by atoms with Crippen molar-refractivity contribution in [2.24, 2.45) is 0 Å². The summed E-state index contributed by atoms with van der Waals surface area (Å²) in [5.74, 6) is 0.436. The minimum Gasteiger partial charge on any atom is -0.486 e. The second-order valence-corrected chi connectivity index (χ2v) is 6.01. The zero-order chi connectivity index (χ0) is 19.4. The predicted octanol–water partition coefficient (Wildman–Crippen LogP) is 2.33. The van der Waals surface area contributed by atoms with Gasteiger partial charge in [-0.1, -0.05) is 6.07 Å². The van der Waals surface area contributed by atoms with Crippen LogP contribution in [0, 0.1) is 17.0 Å². The van der Waals surface area contributed by atoms with E-state index in [0.717, 1.165) is 5.56 Å². The number of amides is 1. The number of pyridine rings is 1. The van der Waals surface area contributed by atoms with Crippen molar-refractivity contribution in [3.05, 3.63) is 51.7 Å². The fourth-order valence-corrected chi connectivity index (χ4v) is 2.61. The van der Waals surface area contributed by atoms with Gasteiger partial charge in [0.25, 0.3) is 5.91 Å². The number of aromatic nitrogens is 1. The first-order valence-corrected chi connectivity index (χ1v) is 8.38. The Labute approximate surface area is 155 Å². The van der Waals surface area contributed by atoms with E-state index in [1.54, 1.807) is 19.1 Å². The number of carbonyl (C=O) groups excluding carboxylic acids is 1. The summed E-state index contributed by atoms with van der Waals surface area (Å²) in [7, 11) is 0. The first-order chi connectivity index (χ1) is 12.9. The summed E-state index contributed by atoms with van der Waals surface area (Å²) in [6, 6.07) is 8.16. The lowest BCUT2D eigenvalue weighted by molar-refractivity contribution is -0.390. The second-order valence-electron chi connectivity index (χ2n) is 6.01. The summed E-state index contributed by atoms with van der Waals surface area (Å²) < 4.78 is 16.3. The molecule has 1 aromatic heterocycles. The zero-order valence-corrected chi connectivity index (χ0v) is 14.9. The lowest BCUT2D eigenvalue weighted by Gasteiger charge is -2.21. The molecule has 2 heterocycles. The Morgan fingerprint density at radius 2 is 2.04 bits per heavy atom. The van der Waals surface area contributed by atoms with Crippen LogP contribution in [0.5, 0.6) is 17.2 Å². The lowest BCUT2D eigenvalue weighted by Crippen LogP contribution is -2.31. The van der Waals surface area contributed by atoms with E-state index in [9.17, 15) is 14.9 Å². The number of hydrogen-bond donors (Lipinski definition) is 1. The van der Waals surface area contributed by atoms with Gasteiger partial charge in [-0.15, -0.1) is 0 Å². The maximum atomic E-state index is 12.2. The van der Waals surface area contributed by atoms with E-state index in [1.165, 1.54) is 6.07 Å². The molecule has 0 bridgehead atoms. The van der Waals surface area contributed by atoms with Crippen molar-refractivity contribution < 1.29 is 23.9 Å². The van der Waals surface area contributed by atoms with Gasteiger partial charge in [-0.05, 0) is 46.7 Å². The van der Waals surface area contributed by atoms with Crippen molar-refractivity contribution in [1.29, 1.82) is 0 Å². The van der Waals surface area contributed by atoms with Gasteiger partial charge in [0.2, 0.25) is 5.75 Å². The molecule has 2 aromatic rings. The van der Waals surface area contributed by atoms with Gasteiger partial charge < -0.3 is 29.6 Å². The fourth-order valence-electron chi connectivity index (χ4n) is 2.61. The summed E-state index contributed by atoms with van der Waals surface area (Å²) in [6.45, 7) is 4.09. The molecular formula is C18H19N3O6. The van der Waals surface area contributed by atoms with Gasteiger partial charge >= 0.3 is 5.82 Å². The molecule has 0 saturated heterocycles. The Bertz CT molecular complexity index is 870. The zero-order valence-electron chi connectivity index (χ0n) is 14.9. The molecule has 1 amide bonds. The van der Waals surface area contributed by atoms with E-state index in [0.29, 0.717) is 30.4 Å². The Kier molecular flexibility index (Phi) is 5.39. The number of hydrogen-bond acceptors (Lipinski definition) is 7. The summed E-state index contributed by atoms with van der Waals surface area (Å²) in [6.07, 6.45) is 0. The molecule has 0 aliphatic carbocycles. The van der Waals surface area contributed by atoms with E-state index in [4.69, 9.17) is 14.2 Å². The van der Waals surface area contributed by atoms with Crippen LogP contribution in [0.4, 0.5) is 5.82 Å². The van der Waals surface area contributed by atoms with Crippen LogP contribution in [0.2, 0.25) is 0 Å². The van der Waals surface area contributed by atoms with Crippen LogP contribution >= 0.6 is 0 Å². The number of fused-ring (bicyclic) bond motifs is 1. The highest BCUT2D eigenvalue weighted by Crippen LogP contribution is 2.32. The summed E-state index contributed by atoms with van der Waals surface area (Å²) in [4.78, 5) is 26.4. The number of nitrogens with zero attached hydrogens (tertiary/aromatic N) is 2. The minimum absolute atomic E-state index is 0.0484. The van der Waals surface area contributed by atoms with E-state index < -0.39 is 16.6 Å². The maximum Gasteiger partial charge on any atom is 0.406 e. The van der Waals surface area contributed by atoms with Crippen molar-refractivity contribution in [2.45, 2.75) is 19.9 Å². The predicted molar refractivity (Wildman–Crippen MR) is 95.1 cm³/mol. The number of aryl methyl sites for hydroxylation is 1. The smallest absolute Gasteiger partial charge is 0.406 e. The van der Waals surface area contributed by atoms with Gasteiger partial charge in [0, 0.05) is 6.92 Å². The Morgan fingerprint density at radius 1 is 1.30 bits per heavy atom. The van der Waals surface area contributed by atoms with Crippen molar-refractivity contribution in [3.63, 3.8) is 0 Å². The van der Waals surface area contributed by atoms with Gasteiger partial charge in [-0.2, -0.15) is 0 Å². The summed E-state index contributed by atoms with van der Waals surface area (Å²) in [5.41, 5.74) is 1.33. The van der Waals surface area contributed by atoms with E-state index in [2.05, 4.69) is 10.3 Å². The number of ether oxygens (including phenoxy) is 3. The quantitative estimate of drug-likeness (QED) is 0.611. The standard InChI is InChI=1S/C18H19N3O6/c1-11-3-5-15(18(19-11)21(23)24)27-10-17(22)20-12(2)13-4-6-14-16(9-13)26-8-7-25-14/h3-6,9,12H,7-8,10H2,1-2H3,(H,20,22)/t12-/m0/s1. The van der Waals surface area contributed by atoms with Crippen molar-refractivity contribution in [3.8, 4) is 17.2 Å². The van der Waals surface area contributed by atoms with E-state index >= 15 is 0 Å². The van der Waals surface area contributed by atoms with Crippen molar-refractivity contribution >= 4 is 11.7 Å². The summed E-state index contributed by atoms with van der Waals surface area (Å²) >= 11 is 0. The average molecular weight is 373 g/mol. The third kappa shape index (κ3) is 4.43. The summed E-state index contributed by atoms with van der Waals surface area (Å²) in [5, 5.41) is 13.8. The normalized spacial score (nSPS) is 13.6. The molecule has 9 nitrogen and oxygen atoms in total. The number of rotatable bonds is 6. The molecule has 1 atom stereocenters. The van der Waals surface area contributed by atoms with Crippen LogP contribution in [0.3, 0.4) is 0 Å². The molecule has 27 heavy (non-hydrogen) atoms. The molecule has 1 aromatic carbocycles. The van der Waals surface area contributed by atoms with Crippen LogP contribution in [0.25, 0.3) is 0 Å². The lowest BCUT2D eigenvalue weighted by atomic mass is 10.1. The van der Waals surface area contributed by atoms with Gasteiger partial charge in [-0.3, -0.25) is 4.79 Å². The number of carbonyl (C=O) groups is 1. The SMILES string of the molecule is Cc1ccc(OCC(=O)N[C@@H](C)c2ccc3c(c2)OCCO3)c([N+](=O)[O-])n1. The highest BCUT2D eigenvalue weighted by atomic mass is 16.6. The average Bonchev–Trinajstić information content (AvgIpc) is 2.66. The number of nitro groups is 1. The largest absolute Gasteiger partial charge is 0.486 e. The van der Waals surface area contributed by atoms with Gasteiger partial charge in [-0.25, -0.2) is 0 Å². The van der Waals surface area contributed by atoms with Crippen LogP contribution < -0.4 is 19.5 Å². The minimum atomic E-state index is -0.641. The van der Waals surface area contributed by atoms with Crippen LogP contribution in [0.15, 0.2) is 30.3 Å². The van der Waals surface area contributed by atoms with Crippen LogP contribution in [-0.4, -0.2) is 35.6 Å². The molecule has 3 rings (SSSR count). The fraction of sp³-hybridized carbons (Fsp3) is 0.333. The molecule has 0 saturated carbocycles.